The van der Waals surface area contributed by atoms with E-state index < -0.39 is 11.9 Å². The summed E-state index contributed by atoms with van der Waals surface area (Å²) in [5.74, 6) is -1.23. The van der Waals surface area contributed by atoms with Gasteiger partial charge in [-0.1, -0.05) is 29.8 Å². The van der Waals surface area contributed by atoms with Crippen molar-refractivity contribution in [3.05, 3.63) is 35.4 Å². The highest BCUT2D eigenvalue weighted by atomic mass is 16.5. The summed E-state index contributed by atoms with van der Waals surface area (Å²) >= 11 is 0. The number of methoxy groups -OCH3 is 1. The van der Waals surface area contributed by atoms with Crippen molar-refractivity contribution in [3.63, 3.8) is 0 Å². The molecule has 1 atom stereocenters. The fourth-order valence-corrected chi connectivity index (χ4v) is 1.87. The molecule has 0 radical (unpaired) electrons. The molecule has 0 spiro atoms. The Morgan fingerprint density at radius 2 is 1.89 bits per heavy atom. The second kappa shape index (κ2) is 8.67. The molecule has 0 saturated heterocycles. The monoisotopic (exact) mass is 266 g/mol. The Hall–Kier alpha value is -1.39. The molecule has 19 heavy (non-hydrogen) atoms. The smallest absolute Gasteiger partial charge is 0.310 e. The van der Waals surface area contributed by atoms with Crippen LogP contribution < -0.4 is 0 Å². The van der Waals surface area contributed by atoms with Gasteiger partial charge in [-0.3, -0.25) is 4.79 Å². The highest BCUT2D eigenvalue weighted by Crippen LogP contribution is 2.22. The quantitative estimate of drug-likeness (QED) is 0.698. The van der Waals surface area contributed by atoms with Crippen LogP contribution >= 0.6 is 0 Å². The molecule has 0 aromatic heterocycles. The number of carbonyl (C=O) groups is 1. The number of carboxylic acid groups (broad SMARTS) is 1. The van der Waals surface area contributed by atoms with Crippen molar-refractivity contribution in [1.82, 2.24) is 0 Å². The number of hydrogen-bond acceptors (Lipinski definition) is 3. The molecular weight excluding hydrogens is 244 g/mol. The van der Waals surface area contributed by atoms with Gasteiger partial charge in [0, 0.05) is 13.7 Å². The molecule has 0 amide bonds. The lowest BCUT2D eigenvalue weighted by molar-refractivity contribution is -0.139. The van der Waals surface area contributed by atoms with E-state index in [1.54, 1.807) is 7.11 Å². The largest absolute Gasteiger partial charge is 0.481 e. The van der Waals surface area contributed by atoms with E-state index in [-0.39, 0.29) is 0 Å². The topological polar surface area (TPSA) is 55.8 Å². The number of hydrogen-bond donors (Lipinski definition) is 1. The lowest BCUT2D eigenvalue weighted by Crippen LogP contribution is -2.13. The Bertz CT molecular complexity index is 372. The third kappa shape index (κ3) is 5.85. The van der Waals surface area contributed by atoms with Crippen LogP contribution in [0.2, 0.25) is 0 Å². The van der Waals surface area contributed by atoms with E-state index in [4.69, 9.17) is 9.47 Å². The molecule has 0 saturated carbocycles. The number of benzene rings is 1. The summed E-state index contributed by atoms with van der Waals surface area (Å²) in [6, 6.07) is 7.67. The van der Waals surface area contributed by atoms with Crippen molar-refractivity contribution in [1.29, 1.82) is 0 Å². The van der Waals surface area contributed by atoms with Gasteiger partial charge in [0.05, 0.1) is 19.1 Å². The lowest BCUT2D eigenvalue weighted by atomic mass is 9.94. The van der Waals surface area contributed by atoms with E-state index in [2.05, 4.69) is 0 Å². The zero-order valence-electron chi connectivity index (χ0n) is 11.6. The molecule has 4 nitrogen and oxygen atoms in total. The van der Waals surface area contributed by atoms with E-state index in [1.807, 2.05) is 31.2 Å². The molecule has 0 heterocycles. The standard InChI is InChI=1S/C15H22O4/c1-12-5-7-13(8-6-12)14(15(16)17)4-3-9-19-11-10-18-2/h5-8,14H,3-4,9-11H2,1-2H3,(H,16,17). The maximum atomic E-state index is 11.3. The molecule has 0 aliphatic heterocycles. The normalized spacial score (nSPS) is 12.3. The van der Waals surface area contributed by atoms with Crippen LogP contribution in [0.15, 0.2) is 24.3 Å². The highest BCUT2D eigenvalue weighted by molar-refractivity contribution is 5.76. The maximum Gasteiger partial charge on any atom is 0.310 e. The van der Waals surface area contributed by atoms with Gasteiger partial charge in [0.15, 0.2) is 0 Å². The summed E-state index contributed by atoms with van der Waals surface area (Å²) in [6.07, 6.45) is 1.32. The molecule has 1 unspecified atom stereocenters. The molecule has 1 rings (SSSR count). The number of aliphatic carboxylic acids is 1. The Morgan fingerprint density at radius 1 is 1.21 bits per heavy atom. The van der Waals surface area contributed by atoms with Gasteiger partial charge in [0.2, 0.25) is 0 Å². The third-order valence-corrected chi connectivity index (χ3v) is 2.99. The van der Waals surface area contributed by atoms with Crippen LogP contribution in [0.3, 0.4) is 0 Å². The average molecular weight is 266 g/mol. The summed E-state index contributed by atoms with van der Waals surface area (Å²) < 4.78 is 10.2. The van der Waals surface area contributed by atoms with Gasteiger partial charge in [-0.25, -0.2) is 0 Å². The molecule has 0 aliphatic rings. The first-order valence-corrected chi connectivity index (χ1v) is 6.51. The van der Waals surface area contributed by atoms with E-state index in [1.165, 1.54) is 0 Å². The lowest BCUT2D eigenvalue weighted by Gasteiger charge is -2.13. The van der Waals surface area contributed by atoms with Gasteiger partial charge in [0.25, 0.3) is 0 Å². The van der Waals surface area contributed by atoms with E-state index in [0.717, 1.165) is 17.5 Å². The Labute approximate surface area is 114 Å². The summed E-state index contributed by atoms with van der Waals surface area (Å²) in [5, 5.41) is 9.28. The van der Waals surface area contributed by atoms with Crippen molar-refractivity contribution in [3.8, 4) is 0 Å². The summed E-state index contributed by atoms with van der Waals surface area (Å²) in [6.45, 7) is 3.68. The fraction of sp³-hybridized carbons (Fsp3) is 0.533. The van der Waals surface area contributed by atoms with Gasteiger partial charge in [-0.15, -0.1) is 0 Å². The van der Waals surface area contributed by atoms with E-state index in [9.17, 15) is 9.90 Å². The molecule has 106 valence electrons. The minimum Gasteiger partial charge on any atom is -0.481 e. The number of carboxylic acids is 1. The Kier molecular flexibility index (Phi) is 7.15. The Morgan fingerprint density at radius 3 is 2.47 bits per heavy atom. The predicted octanol–water partition coefficient (Wildman–Crippen LogP) is 2.61. The first-order valence-electron chi connectivity index (χ1n) is 6.51. The van der Waals surface area contributed by atoms with Crippen LogP contribution in [0.1, 0.15) is 29.9 Å². The highest BCUT2D eigenvalue weighted by Gasteiger charge is 2.18. The van der Waals surface area contributed by atoms with Gasteiger partial charge in [0.1, 0.15) is 0 Å². The van der Waals surface area contributed by atoms with Crippen LogP contribution in [0.5, 0.6) is 0 Å². The van der Waals surface area contributed by atoms with Crippen molar-refractivity contribution < 1.29 is 19.4 Å². The second-order valence-electron chi connectivity index (χ2n) is 4.55. The van der Waals surface area contributed by atoms with Crippen molar-refractivity contribution >= 4 is 5.97 Å². The van der Waals surface area contributed by atoms with Crippen LogP contribution in [-0.4, -0.2) is 38.0 Å². The first-order chi connectivity index (χ1) is 9.15. The molecule has 1 aromatic carbocycles. The van der Waals surface area contributed by atoms with Gasteiger partial charge in [-0.05, 0) is 25.3 Å². The van der Waals surface area contributed by atoms with Crippen LogP contribution in [0.4, 0.5) is 0 Å². The first kappa shape index (κ1) is 15.7. The SMILES string of the molecule is COCCOCCCC(C(=O)O)c1ccc(C)cc1. The van der Waals surface area contributed by atoms with Gasteiger partial charge >= 0.3 is 5.97 Å². The second-order valence-corrected chi connectivity index (χ2v) is 4.55. The van der Waals surface area contributed by atoms with Crippen LogP contribution in [0.25, 0.3) is 0 Å². The molecule has 4 heteroatoms. The summed E-state index contributed by atoms with van der Waals surface area (Å²) in [7, 11) is 1.63. The van der Waals surface area contributed by atoms with Crippen molar-refractivity contribution in [2.24, 2.45) is 0 Å². The summed E-state index contributed by atoms with van der Waals surface area (Å²) in [5.41, 5.74) is 1.99. The predicted molar refractivity (Wildman–Crippen MR) is 73.5 cm³/mol. The zero-order valence-corrected chi connectivity index (χ0v) is 11.6. The molecule has 0 bridgehead atoms. The third-order valence-electron chi connectivity index (χ3n) is 2.99. The number of rotatable bonds is 9. The fourth-order valence-electron chi connectivity index (χ4n) is 1.87. The number of ether oxygens (including phenoxy) is 2. The molecular formula is C15H22O4. The van der Waals surface area contributed by atoms with E-state index in [0.29, 0.717) is 26.2 Å². The van der Waals surface area contributed by atoms with Crippen LogP contribution in [-0.2, 0) is 14.3 Å². The van der Waals surface area contributed by atoms with Gasteiger partial charge in [-0.2, -0.15) is 0 Å². The van der Waals surface area contributed by atoms with Crippen molar-refractivity contribution in [2.75, 3.05) is 26.9 Å². The minimum absolute atomic E-state index is 0.452. The zero-order chi connectivity index (χ0) is 14.1. The molecule has 1 N–H and O–H groups in total. The van der Waals surface area contributed by atoms with Crippen molar-refractivity contribution in [2.45, 2.75) is 25.7 Å². The molecule has 0 fully saturated rings. The minimum atomic E-state index is -0.777. The van der Waals surface area contributed by atoms with Crippen LogP contribution in [0, 0.1) is 6.92 Å². The van der Waals surface area contributed by atoms with Gasteiger partial charge < -0.3 is 14.6 Å². The molecule has 1 aromatic rings. The Balaban J connectivity index is 2.41. The molecule has 0 aliphatic carbocycles. The summed E-state index contributed by atoms with van der Waals surface area (Å²) in [4.78, 5) is 11.3. The number of aryl methyl sites for hydroxylation is 1. The average Bonchev–Trinajstić information content (AvgIpc) is 2.39. The van der Waals surface area contributed by atoms with E-state index >= 15 is 0 Å². The maximum absolute atomic E-state index is 11.3.